The summed E-state index contributed by atoms with van der Waals surface area (Å²) in [5.74, 6) is 1.52. The van der Waals surface area contributed by atoms with Gasteiger partial charge in [0.05, 0.1) is 37.1 Å². The molecule has 1 amide bonds. The van der Waals surface area contributed by atoms with Crippen molar-refractivity contribution >= 4 is 22.6 Å². The Labute approximate surface area is 161 Å². The average Bonchev–Trinajstić information content (AvgIpc) is 3.18. The average molecular weight is 374 g/mol. The van der Waals surface area contributed by atoms with Gasteiger partial charge in [-0.15, -0.1) is 0 Å². The van der Waals surface area contributed by atoms with E-state index in [-0.39, 0.29) is 5.91 Å². The molecule has 7 nitrogen and oxygen atoms in total. The largest absolute Gasteiger partial charge is 0.493 e. The molecule has 140 valence electrons. The third-order valence-corrected chi connectivity index (χ3v) is 4.35. The first-order chi connectivity index (χ1) is 13.7. The summed E-state index contributed by atoms with van der Waals surface area (Å²) in [7, 11) is 3.08. The quantitative estimate of drug-likeness (QED) is 0.576. The highest BCUT2D eigenvalue weighted by molar-refractivity contribution is 6.04. The predicted molar refractivity (Wildman–Crippen MR) is 106 cm³/mol. The number of para-hydroxylation sites is 2. The van der Waals surface area contributed by atoms with Crippen molar-refractivity contribution in [2.45, 2.75) is 0 Å². The SMILES string of the molecule is COc1ccc(C(=O)Nc2ccc(-n3cnc4ccccc43)nc2)cc1OC. The molecule has 0 unspecified atom stereocenters. The standard InChI is InChI=1S/C21H18N4O3/c1-27-18-9-7-14(11-19(18)28-2)21(26)24-15-8-10-20(22-12-15)25-13-23-16-5-3-4-6-17(16)25/h3-13H,1-2H3,(H,24,26). The van der Waals surface area contributed by atoms with Gasteiger partial charge in [-0.3, -0.25) is 9.36 Å². The summed E-state index contributed by atoms with van der Waals surface area (Å²) >= 11 is 0. The fraction of sp³-hybridized carbons (Fsp3) is 0.0952. The van der Waals surface area contributed by atoms with Gasteiger partial charge in [-0.1, -0.05) is 12.1 Å². The summed E-state index contributed by atoms with van der Waals surface area (Å²) in [4.78, 5) is 21.3. The minimum absolute atomic E-state index is 0.261. The second kappa shape index (κ2) is 7.40. The Morgan fingerprint density at radius 3 is 2.54 bits per heavy atom. The number of benzene rings is 2. The number of hydrogen-bond acceptors (Lipinski definition) is 5. The molecular formula is C21H18N4O3. The summed E-state index contributed by atoms with van der Waals surface area (Å²) in [6.07, 6.45) is 3.34. The minimum atomic E-state index is -0.261. The molecule has 28 heavy (non-hydrogen) atoms. The molecule has 4 aromatic rings. The molecule has 0 atom stereocenters. The van der Waals surface area contributed by atoms with E-state index in [2.05, 4.69) is 15.3 Å². The Kier molecular flexibility index (Phi) is 4.63. The fourth-order valence-electron chi connectivity index (χ4n) is 2.92. The van der Waals surface area contributed by atoms with Crippen LogP contribution in [0.3, 0.4) is 0 Å². The van der Waals surface area contributed by atoms with E-state index in [1.807, 2.05) is 34.9 Å². The van der Waals surface area contributed by atoms with Crippen LogP contribution in [0.1, 0.15) is 10.4 Å². The van der Waals surface area contributed by atoms with E-state index in [1.165, 1.54) is 7.11 Å². The van der Waals surface area contributed by atoms with Gasteiger partial charge in [0.25, 0.3) is 5.91 Å². The van der Waals surface area contributed by atoms with E-state index in [0.29, 0.717) is 22.7 Å². The molecule has 0 bridgehead atoms. The number of carbonyl (C=O) groups excluding carboxylic acids is 1. The lowest BCUT2D eigenvalue weighted by atomic mass is 10.2. The first-order valence-corrected chi connectivity index (χ1v) is 8.61. The molecule has 0 fully saturated rings. The van der Waals surface area contributed by atoms with Gasteiger partial charge >= 0.3 is 0 Å². The number of carbonyl (C=O) groups is 1. The number of imidazole rings is 1. The zero-order valence-electron chi connectivity index (χ0n) is 15.4. The van der Waals surface area contributed by atoms with E-state index in [9.17, 15) is 4.79 Å². The number of nitrogens with one attached hydrogen (secondary N) is 1. The number of amides is 1. The number of aromatic nitrogens is 3. The summed E-state index contributed by atoms with van der Waals surface area (Å²) in [6.45, 7) is 0. The highest BCUT2D eigenvalue weighted by Crippen LogP contribution is 2.28. The van der Waals surface area contributed by atoms with Crippen molar-refractivity contribution in [2.75, 3.05) is 19.5 Å². The van der Waals surface area contributed by atoms with Gasteiger partial charge in [0.15, 0.2) is 11.5 Å². The van der Waals surface area contributed by atoms with Gasteiger partial charge < -0.3 is 14.8 Å². The summed E-state index contributed by atoms with van der Waals surface area (Å²) in [6, 6.07) is 16.5. The van der Waals surface area contributed by atoms with Crippen LogP contribution in [-0.2, 0) is 0 Å². The topological polar surface area (TPSA) is 78.3 Å². The van der Waals surface area contributed by atoms with Crippen LogP contribution < -0.4 is 14.8 Å². The maximum Gasteiger partial charge on any atom is 0.255 e. The molecule has 0 spiro atoms. The van der Waals surface area contributed by atoms with E-state index in [4.69, 9.17) is 9.47 Å². The molecule has 0 radical (unpaired) electrons. The molecule has 0 saturated carbocycles. The van der Waals surface area contributed by atoms with E-state index >= 15 is 0 Å². The molecule has 0 aliphatic carbocycles. The molecule has 0 aliphatic heterocycles. The second-order valence-corrected chi connectivity index (χ2v) is 6.03. The Morgan fingerprint density at radius 1 is 0.964 bits per heavy atom. The maximum absolute atomic E-state index is 12.5. The van der Waals surface area contributed by atoms with Crippen molar-refractivity contribution in [3.63, 3.8) is 0 Å². The molecule has 2 aromatic carbocycles. The summed E-state index contributed by atoms with van der Waals surface area (Å²) < 4.78 is 12.3. The second-order valence-electron chi connectivity index (χ2n) is 6.03. The lowest BCUT2D eigenvalue weighted by molar-refractivity contribution is 0.102. The summed E-state index contributed by atoms with van der Waals surface area (Å²) in [5.41, 5.74) is 2.92. The van der Waals surface area contributed by atoms with E-state index in [0.717, 1.165) is 16.9 Å². The van der Waals surface area contributed by atoms with Gasteiger partial charge in [-0.25, -0.2) is 9.97 Å². The number of methoxy groups -OCH3 is 2. The Bertz CT molecular complexity index is 1140. The number of fused-ring (bicyclic) bond motifs is 1. The van der Waals surface area contributed by atoms with Crippen molar-refractivity contribution in [3.8, 4) is 17.3 Å². The van der Waals surface area contributed by atoms with E-state index < -0.39 is 0 Å². The number of nitrogens with zero attached hydrogens (tertiary/aromatic N) is 3. The first-order valence-electron chi connectivity index (χ1n) is 8.61. The third-order valence-electron chi connectivity index (χ3n) is 4.35. The van der Waals surface area contributed by atoms with Crippen LogP contribution in [-0.4, -0.2) is 34.7 Å². The van der Waals surface area contributed by atoms with Crippen molar-refractivity contribution in [1.29, 1.82) is 0 Å². The van der Waals surface area contributed by atoms with Crippen LogP contribution in [0.15, 0.2) is 67.1 Å². The van der Waals surface area contributed by atoms with Crippen LogP contribution in [0.4, 0.5) is 5.69 Å². The number of hydrogen-bond donors (Lipinski definition) is 1. The van der Waals surface area contributed by atoms with Crippen LogP contribution in [0.25, 0.3) is 16.9 Å². The molecule has 2 aromatic heterocycles. The molecular weight excluding hydrogens is 356 g/mol. The first kappa shape index (κ1) is 17.5. The predicted octanol–water partition coefficient (Wildman–Crippen LogP) is 3.69. The Balaban J connectivity index is 1.54. The number of pyridine rings is 1. The molecule has 7 heteroatoms. The van der Waals surface area contributed by atoms with Gasteiger partial charge in [-0.2, -0.15) is 0 Å². The van der Waals surface area contributed by atoms with Crippen molar-refractivity contribution < 1.29 is 14.3 Å². The molecule has 0 aliphatic rings. The molecule has 1 N–H and O–H groups in total. The minimum Gasteiger partial charge on any atom is -0.493 e. The van der Waals surface area contributed by atoms with Crippen molar-refractivity contribution in [1.82, 2.24) is 14.5 Å². The molecule has 2 heterocycles. The number of ether oxygens (including phenoxy) is 2. The molecule has 0 saturated heterocycles. The third kappa shape index (κ3) is 3.25. The normalized spacial score (nSPS) is 10.6. The zero-order chi connectivity index (χ0) is 19.5. The van der Waals surface area contributed by atoms with Crippen LogP contribution >= 0.6 is 0 Å². The lowest BCUT2D eigenvalue weighted by Gasteiger charge is -2.10. The van der Waals surface area contributed by atoms with Crippen LogP contribution in [0.5, 0.6) is 11.5 Å². The highest BCUT2D eigenvalue weighted by atomic mass is 16.5. The van der Waals surface area contributed by atoms with Gasteiger partial charge in [0.1, 0.15) is 12.1 Å². The van der Waals surface area contributed by atoms with Gasteiger partial charge in [0.2, 0.25) is 0 Å². The molecule has 4 rings (SSSR count). The smallest absolute Gasteiger partial charge is 0.255 e. The summed E-state index contributed by atoms with van der Waals surface area (Å²) in [5, 5.41) is 2.83. The zero-order valence-corrected chi connectivity index (χ0v) is 15.4. The van der Waals surface area contributed by atoms with E-state index in [1.54, 1.807) is 43.9 Å². The highest BCUT2D eigenvalue weighted by Gasteiger charge is 2.12. The van der Waals surface area contributed by atoms with Gasteiger partial charge in [-0.05, 0) is 42.5 Å². The van der Waals surface area contributed by atoms with Gasteiger partial charge in [0, 0.05) is 5.56 Å². The monoisotopic (exact) mass is 374 g/mol. The van der Waals surface area contributed by atoms with Crippen molar-refractivity contribution in [3.05, 3.63) is 72.7 Å². The number of rotatable bonds is 5. The lowest BCUT2D eigenvalue weighted by Crippen LogP contribution is -2.12. The van der Waals surface area contributed by atoms with Crippen LogP contribution in [0.2, 0.25) is 0 Å². The Hall–Kier alpha value is -3.87. The van der Waals surface area contributed by atoms with Crippen molar-refractivity contribution in [2.24, 2.45) is 0 Å². The maximum atomic E-state index is 12.5. The fourth-order valence-corrected chi connectivity index (χ4v) is 2.92. The Morgan fingerprint density at radius 2 is 1.79 bits per heavy atom. The number of anilines is 1. The van der Waals surface area contributed by atoms with Crippen LogP contribution in [0, 0.1) is 0 Å².